The lowest BCUT2D eigenvalue weighted by Crippen LogP contribution is -2.17. The molecule has 1 aliphatic heterocycles. The first-order chi connectivity index (χ1) is 13.8. The molecule has 3 rings (SSSR count). The normalized spacial score (nSPS) is 15.6. The highest BCUT2D eigenvalue weighted by molar-refractivity contribution is 5.92. The number of primary amides is 1. The third kappa shape index (κ3) is 9.78. The summed E-state index contributed by atoms with van der Waals surface area (Å²) in [6, 6.07) is 8.08. The van der Waals surface area contributed by atoms with Gasteiger partial charge in [0.1, 0.15) is 0 Å². The Kier molecular flexibility index (Phi) is 10.3. The molecule has 2 aromatic heterocycles. The highest BCUT2D eigenvalue weighted by Crippen LogP contribution is 2.29. The van der Waals surface area contributed by atoms with Crippen molar-refractivity contribution in [1.82, 2.24) is 14.9 Å². The highest BCUT2D eigenvalue weighted by atomic mass is 16.4. The molecule has 9 heteroatoms. The minimum atomic E-state index is -1.26. The molecule has 0 aliphatic carbocycles. The average molecular weight is 400 g/mol. The molecule has 0 unspecified atom stereocenters. The first-order valence-electron chi connectivity index (χ1n) is 8.75. The van der Waals surface area contributed by atoms with Crippen LogP contribution in [0, 0.1) is 0 Å². The van der Waals surface area contributed by atoms with Gasteiger partial charge >= 0.3 is 11.9 Å². The molecule has 9 nitrogen and oxygen atoms in total. The number of rotatable bonds is 4. The van der Waals surface area contributed by atoms with Gasteiger partial charge in [-0.1, -0.05) is 6.07 Å². The smallest absolute Gasteiger partial charge is 0.328 e. The molecule has 1 amide bonds. The van der Waals surface area contributed by atoms with E-state index in [9.17, 15) is 14.4 Å². The predicted octanol–water partition coefficient (Wildman–Crippen LogP) is 1.74. The fraction of sp³-hybridized carbons (Fsp3) is 0.250. The molecule has 1 aliphatic rings. The number of pyridine rings is 2. The maximum absolute atomic E-state index is 10.4. The fourth-order valence-corrected chi connectivity index (χ4v) is 2.56. The van der Waals surface area contributed by atoms with Gasteiger partial charge in [0, 0.05) is 43.0 Å². The van der Waals surface area contributed by atoms with Crippen LogP contribution in [-0.4, -0.2) is 56.5 Å². The van der Waals surface area contributed by atoms with Gasteiger partial charge in [0.25, 0.3) is 0 Å². The zero-order valence-electron chi connectivity index (χ0n) is 16.0. The molecule has 0 radical (unpaired) electrons. The van der Waals surface area contributed by atoms with E-state index in [0.29, 0.717) is 23.8 Å². The van der Waals surface area contributed by atoms with Crippen molar-refractivity contribution in [2.24, 2.45) is 5.73 Å². The molecule has 0 spiro atoms. The van der Waals surface area contributed by atoms with Crippen molar-refractivity contribution in [3.8, 4) is 0 Å². The molecule has 0 bridgehead atoms. The topological polar surface area (TPSA) is 147 Å². The number of carboxylic acids is 2. The van der Waals surface area contributed by atoms with Crippen LogP contribution in [0.2, 0.25) is 0 Å². The molecular formula is C20H24N4O5. The van der Waals surface area contributed by atoms with Gasteiger partial charge in [-0.3, -0.25) is 19.7 Å². The third-order valence-electron chi connectivity index (χ3n) is 3.90. The molecular weight excluding hydrogens is 376 g/mol. The van der Waals surface area contributed by atoms with E-state index in [0.717, 1.165) is 0 Å². The zero-order chi connectivity index (χ0) is 21.6. The van der Waals surface area contributed by atoms with E-state index in [1.807, 2.05) is 18.5 Å². The first kappa shape index (κ1) is 23.4. The summed E-state index contributed by atoms with van der Waals surface area (Å²) in [5.41, 5.74) is 6.74. The van der Waals surface area contributed by atoms with E-state index in [1.165, 1.54) is 31.1 Å². The van der Waals surface area contributed by atoms with Crippen molar-refractivity contribution in [3.05, 3.63) is 72.3 Å². The number of carbonyl (C=O) groups is 3. The molecule has 0 saturated carbocycles. The van der Waals surface area contributed by atoms with Crippen LogP contribution in [-0.2, 0) is 9.59 Å². The second-order valence-corrected chi connectivity index (χ2v) is 6.04. The molecule has 4 N–H and O–H groups in total. The highest BCUT2D eigenvalue weighted by Gasteiger charge is 2.21. The number of aromatic nitrogens is 2. The van der Waals surface area contributed by atoms with Crippen LogP contribution in [0.3, 0.4) is 0 Å². The number of carboxylic acid groups (broad SMARTS) is 2. The van der Waals surface area contributed by atoms with Crippen LogP contribution in [0.1, 0.15) is 34.8 Å². The number of likely N-dealkylation sites (tertiary alicyclic amines) is 1. The maximum atomic E-state index is 10.4. The van der Waals surface area contributed by atoms with Gasteiger partial charge < -0.3 is 15.9 Å². The second kappa shape index (κ2) is 12.7. The number of aliphatic carboxylic acids is 2. The Hall–Kier alpha value is -3.59. The summed E-state index contributed by atoms with van der Waals surface area (Å²) in [5.74, 6) is -2.96. The van der Waals surface area contributed by atoms with Crippen LogP contribution in [0.15, 0.2) is 61.2 Å². The quantitative estimate of drug-likeness (QED) is 0.658. The SMILES string of the molecule is CN1CCC[C@H]1c1cccnc1.NC(=O)c1cccnc1.O=C(O)/C=C/C(=O)O. The van der Waals surface area contributed by atoms with Crippen LogP contribution < -0.4 is 5.73 Å². The van der Waals surface area contributed by atoms with Gasteiger partial charge in [-0.25, -0.2) is 9.59 Å². The van der Waals surface area contributed by atoms with Crippen molar-refractivity contribution in [2.75, 3.05) is 13.6 Å². The molecule has 2 aromatic rings. The monoisotopic (exact) mass is 400 g/mol. The maximum Gasteiger partial charge on any atom is 0.328 e. The fourth-order valence-electron chi connectivity index (χ4n) is 2.56. The minimum absolute atomic E-state index is 0.442. The number of nitrogens with two attached hydrogens (primary N) is 1. The standard InChI is InChI=1S/C10H14N2.C6H6N2O.C4H4O4/c1-12-7-3-5-10(12)9-4-2-6-11-8-9;7-6(9)5-2-1-3-8-4-5;5-3(6)1-2-4(7)8/h2,4,6,8,10H,3,5,7H2,1H3;1-4H,(H2,7,9);1-2H,(H,5,6)(H,7,8)/b;;2-1+/t10-;;/m0../s1. The van der Waals surface area contributed by atoms with Crippen molar-refractivity contribution >= 4 is 17.8 Å². The van der Waals surface area contributed by atoms with Gasteiger partial charge in [0.2, 0.25) is 5.91 Å². The number of nitrogens with zero attached hydrogens (tertiary/aromatic N) is 3. The summed E-state index contributed by atoms with van der Waals surface area (Å²) in [7, 11) is 2.19. The number of hydrogen-bond acceptors (Lipinski definition) is 6. The molecule has 154 valence electrons. The molecule has 29 heavy (non-hydrogen) atoms. The van der Waals surface area contributed by atoms with Crippen molar-refractivity contribution in [3.63, 3.8) is 0 Å². The lowest BCUT2D eigenvalue weighted by atomic mass is 10.1. The summed E-state index contributed by atoms with van der Waals surface area (Å²) in [6.07, 6.45) is 10.5. The van der Waals surface area contributed by atoms with E-state index in [2.05, 4.69) is 28.0 Å². The first-order valence-corrected chi connectivity index (χ1v) is 8.75. The number of amides is 1. The molecule has 0 aromatic carbocycles. The lowest BCUT2D eigenvalue weighted by Gasteiger charge is -2.18. The number of hydrogen-bond donors (Lipinski definition) is 3. The van der Waals surface area contributed by atoms with Crippen molar-refractivity contribution in [1.29, 1.82) is 0 Å². The van der Waals surface area contributed by atoms with Crippen LogP contribution in [0.25, 0.3) is 0 Å². The largest absolute Gasteiger partial charge is 0.478 e. The van der Waals surface area contributed by atoms with Gasteiger partial charge in [-0.2, -0.15) is 0 Å². The zero-order valence-corrected chi connectivity index (χ0v) is 16.0. The summed E-state index contributed by atoms with van der Waals surface area (Å²) in [4.78, 5) is 39.7. The van der Waals surface area contributed by atoms with E-state index >= 15 is 0 Å². The average Bonchev–Trinajstić information content (AvgIpc) is 3.15. The summed E-state index contributed by atoms with van der Waals surface area (Å²) < 4.78 is 0. The van der Waals surface area contributed by atoms with Gasteiger partial charge in [-0.15, -0.1) is 0 Å². The lowest BCUT2D eigenvalue weighted by molar-refractivity contribution is -0.134. The summed E-state index contributed by atoms with van der Waals surface area (Å²) in [6.45, 7) is 1.22. The van der Waals surface area contributed by atoms with Gasteiger partial charge in [0.15, 0.2) is 0 Å². The predicted molar refractivity (Wildman–Crippen MR) is 106 cm³/mol. The van der Waals surface area contributed by atoms with Crippen LogP contribution >= 0.6 is 0 Å². The van der Waals surface area contributed by atoms with Gasteiger partial charge in [-0.05, 0) is 50.2 Å². The third-order valence-corrected chi connectivity index (χ3v) is 3.90. The van der Waals surface area contributed by atoms with Crippen molar-refractivity contribution in [2.45, 2.75) is 18.9 Å². The Bertz CT molecular complexity index is 796. The molecule has 1 fully saturated rings. The second-order valence-electron chi connectivity index (χ2n) is 6.04. The van der Waals surface area contributed by atoms with Gasteiger partial charge in [0.05, 0.1) is 5.56 Å². The Balaban J connectivity index is 0.000000224. The van der Waals surface area contributed by atoms with Crippen molar-refractivity contribution < 1.29 is 24.6 Å². The van der Waals surface area contributed by atoms with E-state index in [-0.39, 0.29) is 0 Å². The van der Waals surface area contributed by atoms with E-state index in [4.69, 9.17) is 15.9 Å². The Morgan fingerprint density at radius 3 is 2.00 bits per heavy atom. The van der Waals surface area contributed by atoms with Crippen LogP contribution in [0.5, 0.6) is 0 Å². The summed E-state index contributed by atoms with van der Waals surface area (Å²) in [5, 5.41) is 15.6. The molecule has 3 heterocycles. The van der Waals surface area contributed by atoms with E-state index < -0.39 is 17.8 Å². The molecule has 1 atom stereocenters. The Morgan fingerprint density at radius 1 is 1.07 bits per heavy atom. The van der Waals surface area contributed by atoms with E-state index in [1.54, 1.807) is 18.3 Å². The Morgan fingerprint density at radius 2 is 1.66 bits per heavy atom. The van der Waals surface area contributed by atoms with Crippen LogP contribution in [0.4, 0.5) is 0 Å². The minimum Gasteiger partial charge on any atom is -0.478 e. The Labute approximate surface area is 168 Å². The number of carbonyl (C=O) groups excluding carboxylic acids is 1. The molecule has 1 saturated heterocycles. The summed E-state index contributed by atoms with van der Waals surface area (Å²) >= 11 is 0.